The molecular formula is C23H37IN4O3S. The molecule has 1 amide bonds. The molecule has 1 aromatic carbocycles. The number of para-hydroxylation sites is 1. The van der Waals surface area contributed by atoms with Crippen molar-refractivity contribution in [3.63, 3.8) is 0 Å². The zero-order valence-electron chi connectivity index (χ0n) is 19.4. The number of guanidine groups is 1. The SMILES string of the molecule is CCNC(=NCC(C)CSc1ccccc1OC)N1CCN(C(=O)C2CCCO2)CC1.I. The van der Waals surface area contributed by atoms with Crippen molar-refractivity contribution in [2.45, 2.75) is 37.7 Å². The number of nitrogens with zero attached hydrogens (tertiary/aromatic N) is 3. The molecule has 0 spiro atoms. The third-order valence-electron chi connectivity index (χ3n) is 5.58. The molecule has 180 valence electrons. The van der Waals surface area contributed by atoms with E-state index in [1.807, 2.05) is 34.9 Å². The molecule has 1 aromatic rings. The van der Waals surface area contributed by atoms with Crippen molar-refractivity contribution in [2.24, 2.45) is 10.9 Å². The van der Waals surface area contributed by atoms with Gasteiger partial charge in [0.05, 0.1) is 7.11 Å². The Morgan fingerprint density at radius 2 is 2.00 bits per heavy atom. The number of carbonyl (C=O) groups excluding carboxylic acids is 1. The fourth-order valence-electron chi connectivity index (χ4n) is 3.81. The van der Waals surface area contributed by atoms with Crippen molar-refractivity contribution in [3.8, 4) is 5.75 Å². The van der Waals surface area contributed by atoms with Gasteiger partial charge < -0.3 is 24.6 Å². The van der Waals surface area contributed by atoms with E-state index in [1.54, 1.807) is 7.11 Å². The van der Waals surface area contributed by atoms with Crippen LogP contribution in [0.4, 0.5) is 0 Å². The number of rotatable bonds is 8. The highest BCUT2D eigenvalue weighted by Gasteiger charge is 2.30. The minimum atomic E-state index is -0.227. The smallest absolute Gasteiger partial charge is 0.251 e. The molecule has 0 radical (unpaired) electrons. The highest BCUT2D eigenvalue weighted by atomic mass is 127. The van der Waals surface area contributed by atoms with Crippen molar-refractivity contribution < 1.29 is 14.3 Å². The van der Waals surface area contributed by atoms with Crippen LogP contribution in [0.1, 0.15) is 26.7 Å². The number of nitrogens with one attached hydrogen (secondary N) is 1. The minimum Gasteiger partial charge on any atom is -0.496 e. The average molecular weight is 577 g/mol. The van der Waals surface area contributed by atoms with Crippen LogP contribution < -0.4 is 10.1 Å². The highest BCUT2D eigenvalue weighted by Crippen LogP contribution is 2.30. The first-order valence-corrected chi connectivity index (χ1v) is 12.3. The molecule has 2 atom stereocenters. The normalized spacial score (nSPS) is 20.0. The van der Waals surface area contributed by atoms with Gasteiger partial charge in [-0.05, 0) is 37.8 Å². The van der Waals surface area contributed by atoms with Crippen molar-refractivity contribution in [1.29, 1.82) is 0 Å². The Balaban J connectivity index is 0.00000363. The number of amides is 1. The van der Waals surface area contributed by atoms with E-state index in [9.17, 15) is 4.79 Å². The fraction of sp³-hybridized carbons (Fsp3) is 0.652. The first-order chi connectivity index (χ1) is 15.1. The molecule has 0 aliphatic carbocycles. The fourth-order valence-corrected chi connectivity index (χ4v) is 4.84. The maximum atomic E-state index is 12.6. The molecular weight excluding hydrogens is 539 g/mol. The Bertz CT molecular complexity index is 738. The van der Waals surface area contributed by atoms with E-state index in [0.29, 0.717) is 12.5 Å². The highest BCUT2D eigenvalue weighted by molar-refractivity contribution is 14.0. The van der Waals surface area contributed by atoms with Crippen LogP contribution in [0, 0.1) is 5.92 Å². The topological polar surface area (TPSA) is 66.4 Å². The van der Waals surface area contributed by atoms with Gasteiger partial charge in [0.15, 0.2) is 5.96 Å². The summed E-state index contributed by atoms with van der Waals surface area (Å²) in [5, 5.41) is 3.42. The van der Waals surface area contributed by atoms with Crippen LogP contribution in [0.2, 0.25) is 0 Å². The number of benzene rings is 1. The lowest BCUT2D eigenvalue weighted by molar-refractivity contribution is -0.142. The molecule has 1 N–H and O–H groups in total. The number of piperazine rings is 1. The number of hydrogen-bond donors (Lipinski definition) is 1. The molecule has 2 aliphatic rings. The summed E-state index contributed by atoms with van der Waals surface area (Å²) in [5.41, 5.74) is 0. The maximum Gasteiger partial charge on any atom is 0.251 e. The number of halogens is 1. The zero-order valence-corrected chi connectivity index (χ0v) is 22.6. The minimum absolute atomic E-state index is 0. The summed E-state index contributed by atoms with van der Waals surface area (Å²) in [6, 6.07) is 8.13. The molecule has 2 fully saturated rings. The van der Waals surface area contributed by atoms with Gasteiger partial charge in [0.2, 0.25) is 0 Å². The predicted octanol–water partition coefficient (Wildman–Crippen LogP) is 3.33. The summed E-state index contributed by atoms with van der Waals surface area (Å²) in [4.78, 5) is 22.9. The monoisotopic (exact) mass is 576 g/mol. The van der Waals surface area contributed by atoms with Gasteiger partial charge in [0, 0.05) is 56.5 Å². The van der Waals surface area contributed by atoms with E-state index < -0.39 is 0 Å². The second kappa shape index (κ2) is 14.1. The summed E-state index contributed by atoms with van der Waals surface area (Å²) in [6.45, 7) is 9.67. The summed E-state index contributed by atoms with van der Waals surface area (Å²) < 4.78 is 11.0. The van der Waals surface area contributed by atoms with Crippen LogP contribution in [0.5, 0.6) is 5.75 Å². The lowest BCUT2D eigenvalue weighted by Crippen LogP contribution is -2.55. The van der Waals surface area contributed by atoms with Crippen LogP contribution in [0.25, 0.3) is 0 Å². The third-order valence-corrected chi connectivity index (χ3v) is 6.96. The van der Waals surface area contributed by atoms with Gasteiger partial charge in [0.1, 0.15) is 11.9 Å². The number of hydrogen-bond acceptors (Lipinski definition) is 5. The number of thioether (sulfide) groups is 1. The largest absolute Gasteiger partial charge is 0.496 e. The van der Waals surface area contributed by atoms with Crippen molar-refractivity contribution in [3.05, 3.63) is 24.3 Å². The zero-order chi connectivity index (χ0) is 22.1. The number of ether oxygens (including phenoxy) is 2. The lowest BCUT2D eigenvalue weighted by atomic mass is 10.2. The van der Waals surface area contributed by atoms with Gasteiger partial charge in [0.25, 0.3) is 5.91 Å². The van der Waals surface area contributed by atoms with Crippen LogP contribution in [-0.2, 0) is 9.53 Å². The van der Waals surface area contributed by atoms with Gasteiger partial charge in [-0.1, -0.05) is 19.1 Å². The Kier molecular flexibility index (Phi) is 12.0. The van der Waals surface area contributed by atoms with Crippen LogP contribution in [-0.4, -0.2) is 86.5 Å². The first kappa shape index (κ1) is 27.0. The molecule has 7 nitrogen and oxygen atoms in total. The van der Waals surface area contributed by atoms with Gasteiger partial charge in [-0.15, -0.1) is 35.7 Å². The molecule has 2 aliphatic heterocycles. The van der Waals surface area contributed by atoms with Gasteiger partial charge in [-0.2, -0.15) is 0 Å². The van der Waals surface area contributed by atoms with Crippen molar-refractivity contribution >= 4 is 47.6 Å². The maximum absolute atomic E-state index is 12.6. The Morgan fingerprint density at radius 3 is 2.66 bits per heavy atom. The van der Waals surface area contributed by atoms with E-state index >= 15 is 0 Å². The molecule has 3 rings (SSSR count). The quantitative estimate of drug-likeness (QED) is 0.222. The lowest BCUT2D eigenvalue weighted by Gasteiger charge is -2.37. The molecule has 0 aromatic heterocycles. The van der Waals surface area contributed by atoms with E-state index in [-0.39, 0.29) is 36.0 Å². The summed E-state index contributed by atoms with van der Waals surface area (Å²) >= 11 is 1.81. The third kappa shape index (κ3) is 7.69. The first-order valence-electron chi connectivity index (χ1n) is 11.3. The number of aliphatic imine (C=N–C) groups is 1. The van der Waals surface area contributed by atoms with Gasteiger partial charge in [-0.25, -0.2) is 0 Å². The van der Waals surface area contributed by atoms with Crippen LogP contribution >= 0.6 is 35.7 Å². The number of carbonyl (C=O) groups is 1. The van der Waals surface area contributed by atoms with Crippen LogP contribution in [0.3, 0.4) is 0 Å². The second-order valence-corrected chi connectivity index (χ2v) is 9.14. The molecule has 2 heterocycles. The second-order valence-electron chi connectivity index (χ2n) is 8.08. The average Bonchev–Trinajstić information content (AvgIpc) is 3.35. The molecule has 32 heavy (non-hydrogen) atoms. The van der Waals surface area contributed by atoms with Gasteiger partial charge >= 0.3 is 0 Å². The van der Waals surface area contributed by atoms with E-state index in [2.05, 4.69) is 30.1 Å². The molecule has 0 bridgehead atoms. The Morgan fingerprint density at radius 1 is 1.28 bits per heavy atom. The predicted molar refractivity (Wildman–Crippen MR) is 141 cm³/mol. The summed E-state index contributed by atoms with van der Waals surface area (Å²) in [7, 11) is 1.71. The molecule has 0 saturated carbocycles. The van der Waals surface area contributed by atoms with E-state index in [4.69, 9.17) is 14.5 Å². The number of methoxy groups -OCH3 is 1. The van der Waals surface area contributed by atoms with Gasteiger partial charge in [-0.3, -0.25) is 9.79 Å². The standard InChI is InChI=1S/C23H36N4O3S.HI/c1-4-24-23(25-16-18(2)17-31-21-10-6-5-8-19(21)29-3)27-13-11-26(12-14-27)22(28)20-9-7-15-30-20;/h5-6,8,10,18,20H,4,7,9,11-17H2,1-3H3,(H,24,25);1H. The molecule has 2 saturated heterocycles. The van der Waals surface area contributed by atoms with Crippen molar-refractivity contribution in [1.82, 2.24) is 15.1 Å². The van der Waals surface area contributed by atoms with E-state index in [1.165, 1.54) is 4.90 Å². The van der Waals surface area contributed by atoms with Crippen LogP contribution in [0.15, 0.2) is 34.2 Å². The van der Waals surface area contributed by atoms with Crippen molar-refractivity contribution in [2.75, 3.05) is 58.7 Å². The summed E-state index contributed by atoms with van der Waals surface area (Å²) in [6.07, 6.45) is 1.62. The Hall–Kier alpha value is -1.20. The Labute approximate surface area is 213 Å². The summed E-state index contributed by atoms with van der Waals surface area (Å²) in [5.74, 6) is 3.44. The van der Waals surface area contributed by atoms with E-state index in [0.717, 1.165) is 69.6 Å². The molecule has 9 heteroatoms. The molecule has 2 unspecified atom stereocenters.